The van der Waals surface area contributed by atoms with Crippen molar-refractivity contribution in [3.63, 3.8) is 0 Å². The average molecular weight is 288 g/mol. The Bertz CT molecular complexity index is 576. The van der Waals surface area contributed by atoms with Gasteiger partial charge in [-0.1, -0.05) is 32.0 Å². The van der Waals surface area contributed by atoms with Gasteiger partial charge in [-0.25, -0.2) is 0 Å². The Hall–Kier alpha value is -1.97. The standard InChI is InChI=1S/C17H20O4/c1-4-12(18)17-14(20)9-13(19)10(2)16(17)11-7-5-6-8-15(11)21-3/h5-8,10,16-17H,4,9H2,1-3H3/t10-,16+,17+/m1/s1. The Morgan fingerprint density at radius 1 is 1.24 bits per heavy atom. The van der Waals surface area contributed by atoms with Crippen LogP contribution in [0.15, 0.2) is 24.3 Å². The van der Waals surface area contributed by atoms with E-state index in [-0.39, 0.29) is 29.7 Å². The SMILES string of the molecule is CCC(=O)[C@H]1C(=O)CC(=O)[C@@H](C)[C@H]1c1ccccc1OC. The molecule has 1 aromatic rings. The zero-order valence-electron chi connectivity index (χ0n) is 12.6. The maximum Gasteiger partial charge on any atom is 0.151 e. The van der Waals surface area contributed by atoms with E-state index in [0.717, 1.165) is 5.56 Å². The molecule has 21 heavy (non-hydrogen) atoms. The second kappa shape index (κ2) is 6.20. The van der Waals surface area contributed by atoms with Crippen molar-refractivity contribution in [1.82, 2.24) is 0 Å². The summed E-state index contributed by atoms with van der Waals surface area (Å²) in [6.07, 6.45) is 0.159. The minimum Gasteiger partial charge on any atom is -0.496 e. The van der Waals surface area contributed by atoms with E-state index in [4.69, 9.17) is 4.74 Å². The summed E-state index contributed by atoms with van der Waals surface area (Å²) < 4.78 is 5.35. The van der Waals surface area contributed by atoms with Crippen molar-refractivity contribution in [1.29, 1.82) is 0 Å². The van der Waals surface area contributed by atoms with Gasteiger partial charge in [0.2, 0.25) is 0 Å². The molecule has 0 spiro atoms. The number of hydrogen-bond donors (Lipinski definition) is 0. The van der Waals surface area contributed by atoms with E-state index in [1.807, 2.05) is 18.2 Å². The number of carbonyl (C=O) groups is 3. The van der Waals surface area contributed by atoms with Crippen molar-refractivity contribution >= 4 is 17.3 Å². The normalized spacial score (nSPS) is 25.8. The van der Waals surface area contributed by atoms with Crippen LogP contribution in [-0.4, -0.2) is 24.5 Å². The van der Waals surface area contributed by atoms with Crippen LogP contribution in [-0.2, 0) is 14.4 Å². The van der Waals surface area contributed by atoms with Crippen molar-refractivity contribution in [2.45, 2.75) is 32.6 Å². The van der Waals surface area contributed by atoms with Gasteiger partial charge in [-0.15, -0.1) is 0 Å². The summed E-state index contributed by atoms with van der Waals surface area (Å²) in [6.45, 7) is 3.54. The zero-order chi connectivity index (χ0) is 15.6. The third-order valence-corrected chi connectivity index (χ3v) is 4.29. The molecule has 1 aliphatic rings. The molecule has 1 fully saturated rings. The van der Waals surface area contributed by atoms with E-state index in [1.54, 1.807) is 27.0 Å². The summed E-state index contributed by atoms with van der Waals surface area (Å²) in [5.74, 6) is -1.38. The van der Waals surface area contributed by atoms with Gasteiger partial charge in [0.25, 0.3) is 0 Å². The van der Waals surface area contributed by atoms with E-state index in [1.165, 1.54) is 0 Å². The van der Waals surface area contributed by atoms with Gasteiger partial charge < -0.3 is 4.74 Å². The van der Waals surface area contributed by atoms with Crippen LogP contribution >= 0.6 is 0 Å². The lowest BCUT2D eigenvalue weighted by atomic mass is 9.66. The van der Waals surface area contributed by atoms with E-state index in [0.29, 0.717) is 12.2 Å². The zero-order valence-corrected chi connectivity index (χ0v) is 12.6. The quantitative estimate of drug-likeness (QED) is 0.799. The number of para-hydroxylation sites is 1. The molecule has 0 radical (unpaired) electrons. The molecule has 0 aromatic heterocycles. The molecule has 0 saturated heterocycles. The predicted molar refractivity (Wildman–Crippen MR) is 78.3 cm³/mol. The Morgan fingerprint density at radius 3 is 2.52 bits per heavy atom. The molecular formula is C17H20O4. The van der Waals surface area contributed by atoms with Crippen LogP contribution in [0.4, 0.5) is 0 Å². The molecule has 2 rings (SSSR count). The van der Waals surface area contributed by atoms with Crippen molar-refractivity contribution in [2.24, 2.45) is 11.8 Å². The number of benzene rings is 1. The van der Waals surface area contributed by atoms with E-state index >= 15 is 0 Å². The van der Waals surface area contributed by atoms with Gasteiger partial charge in [-0.3, -0.25) is 14.4 Å². The van der Waals surface area contributed by atoms with Crippen LogP contribution < -0.4 is 4.74 Å². The third kappa shape index (κ3) is 2.75. The Balaban J connectivity index is 2.55. The molecule has 4 nitrogen and oxygen atoms in total. The Morgan fingerprint density at radius 2 is 1.90 bits per heavy atom. The van der Waals surface area contributed by atoms with Crippen LogP contribution in [0.1, 0.15) is 38.2 Å². The number of ketones is 3. The summed E-state index contributed by atoms with van der Waals surface area (Å²) in [7, 11) is 1.55. The van der Waals surface area contributed by atoms with Gasteiger partial charge >= 0.3 is 0 Å². The van der Waals surface area contributed by atoms with Crippen LogP contribution in [0, 0.1) is 11.8 Å². The first-order valence-electron chi connectivity index (χ1n) is 7.22. The molecule has 0 heterocycles. The Labute approximate surface area is 124 Å². The fraction of sp³-hybridized carbons (Fsp3) is 0.471. The Kier molecular flexibility index (Phi) is 4.56. The number of Topliss-reactive ketones (excluding diaryl/α,β-unsaturated/α-hetero) is 3. The summed E-state index contributed by atoms with van der Waals surface area (Å²) in [5.41, 5.74) is 0.765. The minimum atomic E-state index is -0.737. The molecule has 0 unspecified atom stereocenters. The highest BCUT2D eigenvalue weighted by Gasteiger charge is 2.45. The van der Waals surface area contributed by atoms with E-state index in [2.05, 4.69) is 0 Å². The molecule has 4 heteroatoms. The molecular weight excluding hydrogens is 268 g/mol. The molecule has 0 amide bonds. The van der Waals surface area contributed by atoms with Gasteiger partial charge in [0.15, 0.2) is 5.78 Å². The van der Waals surface area contributed by atoms with Gasteiger partial charge in [0.1, 0.15) is 17.3 Å². The number of carbonyl (C=O) groups excluding carboxylic acids is 3. The third-order valence-electron chi connectivity index (χ3n) is 4.29. The topological polar surface area (TPSA) is 60.4 Å². The molecule has 112 valence electrons. The minimum absolute atomic E-state index is 0.101. The lowest BCUT2D eigenvalue weighted by Gasteiger charge is -2.34. The predicted octanol–water partition coefficient (Wildman–Crippen LogP) is 2.55. The fourth-order valence-electron chi connectivity index (χ4n) is 3.12. The highest BCUT2D eigenvalue weighted by molar-refractivity contribution is 6.13. The largest absolute Gasteiger partial charge is 0.496 e. The smallest absolute Gasteiger partial charge is 0.151 e. The second-order valence-corrected chi connectivity index (χ2v) is 5.46. The highest BCUT2D eigenvalue weighted by Crippen LogP contribution is 2.42. The van der Waals surface area contributed by atoms with Crippen molar-refractivity contribution < 1.29 is 19.1 Å². The van der Waals surface area contributed by atoms with Gasteiger partial charge in [0.05, 0.1) is 19.4 Å². The summed E-state index contributed by atoms with van der Waals surface area (Å²) in [4.78, 5) is 36.6. The number of rotatable bonds is 4. The summed E-state index contributed by atoms with van der Waals surface area (Å²) in [5, 5.41) is 0. The lowest BCUT2D eigenvalue weighted by Crippen LogP contribution is -2.42. The maximum absolute atomic E-state index is 12.3. The van der Waals surface area contributed by atoms with Crippen LogP contribution in [0.5, 0.6) is 5.75 Å². The lowest BCUT2D eigenvalue weighted by molar-refractivity contribution is -0.141. The van der Waals surface area contributed by atoms with Gasteiger partial charge in [-0.2, -0.15) is 0 Å². The van der Waals surface area contributed by atoms with E-state index < -0.39 is 11.8 Å². The molecule has 1 aliphatic carbocycles. The van der Waals surface area contributed by atoms with Crippen molar-refractivity contribution in [3.05, 3.63) is 29.8 Å². The van der Waals surface area contributed by atoms with E-state index in [9.17, 15) is 14.4 Å². The van der Waals surface area contributed by atoms with Crippen LogP contribution in [0.2, 0.25) is 0 Å². The average Bonchev–Trinajstić information content (AvgIpc) is 2.49. The molecule has 0 N–H and O–H groups in total. The number of hydrogen-bond acceptors (Lipinski definition) is 4. The first-order chi connectivity index (χ1) is 10.0. The maximum atomic E-state index is 12.3. The van der Waals surface area contributed by atoms with Crippen LogP contribution in [0.3, 0.4) is 0 Å². The number of methoxy groups -OCH3 is 1. The molecule has 1 aromatic carbocycles. The molecule has 0 aliphatic heterocycles. The van der Waals surface area contributed by atoms with Gasteiger partial charge in [-0.05, 0) is 11.6 Å². The van der Waals surface area contributed by atoms with Gasteiger partial charge in [0, 0.05) is 18.3 Å². The molecule has 0 bridgehead atoms. The second-order valence-electron chi connectivity index (χ2n) is 5.46. The number of ether oxygens (including phenoxy) is 1. The van der Waals surface area contributed by atoms with Crippen molar-refractivity contribution in [2.75, 3.05) is 7.11 Å². The first kappa shape index (κ1) is 15.4. The highest BCUT2D eigenvalue weighted by atomic mass is 16.5. The van der Waals surface area contributed by atoms with Crippen LogP contribution in [0.25, 0.3) is 0 Å². The van der Waals surface area contributed by atoms with Crippen molar-refractivity contribution in [3.8, 4) is 5.75 Å². The first-order valence-corrected chi connectivity index (χ1v) is 7.22. The molecule has 3 atom stereocenters. The monoisotopic (exact) mass is 288 g/mol. The summed E-state index contributed by atoms with van der Waals surface area (Å²) >= 11 is 0. The fourth-order valence-corrected chi connectivity index (χ4v) is 3.12. The molecule has 1 saturated carbocycles. The summed E-state index contributed by atoms with van der Waals surface area (Å²) in [6, 6.07) is 7.29.